The van der Waals surface area contributed by atoms with Gasteiger partial charge in [0.1, 0.15) is 5.82 Å². The first kappa shape index (κ1) is 15.8. The predicted octanol–water partition coefficient (Wildman–Crippen LogP) is 1.90. The van der Waals surface area contributed by atoms with Crippen LogP contribution in [0.15, 0.2) is 18.2 Å². The Morgan fingerprint density at radius 3 is 2.90 bits per heavy atom. The fraction of sp³-hybridized carbons (Fsp3) is 0.562. The van der Waals surface area contributed by atoms with Gasteiger partial charge in [-0.2, -0.15) is 0 Å². The largest absolute Gasteiger partial charge is 0.370 e. The average molecular weight is 293 g/mol. The van der Waals surface area contributed by atoms with E-state index in [1.165, 1.54) is 6.07 Å². The number of amides is 1. The number of hydrogen-bond acceptors (Lipinski definition) is 3. The van der Waals surface area contributed by atoms with Gasteiger partial charge in [0.05, 0.1) is 5.41 Å². The first-order valence-electron chi connectivity index (χ1n) is 7.47. The first-order valence-corrected chi connectivity index (χ1v) is 7.47. The molecule has 1 unspecified atom stereocenters. The lowest BCUT2D eigenvalue weighted by Gasteiger charge is -2.26. The van der Waals surface area contributed by atoms with Crippen molar-refractivity contribution in [2.45, 2.75) is 26.8 Å². The molecule has 0 bridgehead atoms. The second-order valence-corrected chi connectivity index (χ2v) is 5.83. The van der Waals surface area contributed by atoms with Gasteiger partial charge < -0.3 is 15.5 Å². The van der Waals surface area contributed by atoms with Crippen molar-refractivity contribution in [1.82, 2.24) is 10.6 Å². The maximum Gasteiger partial charge on any atom is 0.227 e. The maximum atomic E-state index is 14.1. The minimum absolute atomic E-state index is 0.0506. The number of halogens is 1. The Morgan fingerprint density at radius 2 is 2.24 bits per heavy atom. The molecule has 1 amide bonds. The van der Waals surface area contributed by atoms with Crippen molar-refractivity contribution < 1.29 is 9.18 Å². The van der Waals surface area contributed by atoms with E-state index in [1.54, 1.807) is 13.1 Å². The van der Waals surface area contributed by atoms with Gasteiger partial charge in [-0.25, -0.2) is 4.39 Å². The minimum atomic E-state index is -0.406. The summed E-state index contributed by atoms with van der Waals surface area (Å²) in [7, 11) is 1.66. The van der Waals surface area contributed by atoms with Crippen molar-refractivity contribution >= 4 is 11.6 Å². The molecule has 1 atom stereocenters. The highest BCUT2D eigenvalue weighted by atomic mass is 19.1. The Kier molecular flexibility index (Phi) is 4.83. The normalized spacial score (nSPS) is 21.6. The molecule has 1 fully saturated rings. The number of hydrogen-bond donors (Lipinski definition) is 2. The van der Waals surface area contributed by atoms with Crippen LogP contribution in [-0.4, -0.2) is 32.6 Å². The van der Waals surface area contributed by atoms with Gasteiger partial charge >= 0.3 is 0 Å². The Bertz CT molecular complexity index is 520. The van der Waals surface area contributed by atoms with Crippen LogP contribution in [0.1, 0.15) is 25.8 Å². The van der Waals surface area contributed by atoms with Gasteiger partial charge in [-0.15, -0.1) is 0 Å². The second kappa shape index (κ2) is 6.43. The van der Waals surface area contributed by atoms with E-state index in [9.17, 15) is 9.18 Å². The van der Waals surface area contributed by atoms with Crippen LogP contribution in [0, 0.1) is 11.2 Å². The van der Waals surface area contributed by atoms with E-state index < -0.39 is 5.41 Å². The molecule has 2 rings (SSSR count). The molecule has 1 heterocycles. The summed E-state index contributed by atoms with van der Waals surface area (Å²) in [4.78, 5) is 14.1. The molecule has 0 saturated carbocycles. The van der Waals surface area contributed by atoms with Crippen molar-refractivity contribution in [2.75, 3.05) is 31.6 Å². The van der Waals surface area contributed by atoms with E-state index in [-0.39, 0.29) is 11.7 Å². The second-order valence-electron chi connectivity index (χ2n) is 5.83. The molecule has 4 nitrogen and oxygen atoms in total. The van der Waals surface area contributed by atoms with Gasteiger partial charge in [0, 0.05) is 37.9 Å². The summed E-state index contributed by atoms with van der Waals surface area (Å²) >= 11 is 0. The molecule has 0 aromatic heterocycles. The molecule has 0 spiro atoms. The van der Waals surface area contributed by atoms with Crippen LogP contribution in [0.4, 0.5) is 10.1 Å². The lowest BCUT2D eigenvalue weighted by Crippen LogP contribution is -2.39. The molecule has 1 aliphatic rings. The number of rotatable bonds is 5. The molecule has 0 aliphatic carbocycles. The fourth-order valence-electron chi connectivity index (χ4n) is 2.92. The lowest BCUT2D eigenvalue weighted by molar-refractivity contribution is -0.128. The molecule has 21 heavy (non-hydrogen) atoms. The highest BCUT2D eigenvalue weighted by Gasteiger charge is 2.40. The smallest absolute Gasteiger partial charge is 0.227 e. The van der Waals surface area contributed by atoms with Crippen LogP contribution >= 0.6 is 0 Å². The highest BCUT2D eigenvalue weighted by molar-refractivity contribution is 5.83. The summed E-state index contributed by atoms with van der Waals surface area (Å²) < 4.78 is 14.1. The number of carbonyl (C=O) groups excluding carboxylic acids is 1. The Hall–Kier alpha value is -1.62. The third-order valence-electron chi connectivity index (χ3n) is 4.24. The van der Waals surface area contributed by atoms with Crippen LogP contribution in [0.3, 0.4) is 0 Å². The van der Waals surface area contributed by atoms with Crippen LogP contribution in [0.5, 0.6) is 0 Å². The molecule has 1 aliphatic heterocycles. The third kappa shape index (κ3) is 3.18. The maximum absolute atomic E-state index is 14.1. The molecule has 1 aromatic carbocycles. The van der Waals surface area contributed by atoms with E-state index in [0.717, 1.165) is 25.2 Å². The zero-order chi connectivity index (χ0) is 15.5. The number of benzene rings is 1. The Balaban J connectivity index is 2.23. The molecule has 116 valence electrons. The molecular weight excluding hydrogens is 269 g/mol. The summed E-state index contributed by atoms with van der Waals surface area (Å²) in [6.07, 6.45) is 0.782. The van der Waals surface area contributed by atoms with Gasteiger partial charge in [0.15, 0.2) is 0 Å². The molecule has 0 radical (unpaired) electrons. The van der Waals surface area contributed by atoms with Crippen LogP contribution in [0.2, 0.25) is 0 Å². The number of nitrogens with one attached hydrogen (secondary N) is 2. The number of carbonyl (C=O) groups is 1. The number of nitrogens with zero attached hydrogens (tertiary/aromatic N) is 1. The van der Waals surface area contributed by atoms with Crippen molar-refractivity contribution in [1.29, 1.82) is 0 Å². The molecule has 1 aromatic rings. The van der Waals surface area contributed by atoms with E-state index in [2.05, 4.69) is 15.5 Å². The van der Waals surface area contributed by atoms with Gasteiger partial charge in [-0.05, 0) is 32.0 Å². The van der Waals surface area contributed by atoms with Crippen molar-refractivity contribution in [3.05, 3.63) is 29.6 Å². The van der Waals surface area contributed by atoms with E-state index in [0.29, 0.717) is 18.7 Å². The summed E-state index contributed by atoms with van der Waals surface area (Å²) in [6, 6.07) is 5.16. The minimum Gasteiger partial charge on any atom is -0.370 e. The molecule has 2 N–H and O–H groups in total. The summed E-state index contributed by atoms with van der Waals surface area (Å²) in [5, 5.41) is 5.91. The van der Waals surface area contributed by atoms with Gasteiger partial charge in [-0.3, -0.25) is 4.79 Å². The lowest BCUT2D eigenvalue weighted by atomic mass is 9.89. The van der Waals surface area contributed by atoms with Gasteiger partial charge in [-0.1, -0.05) is 13.0 Å². The fourth-order valence-corrected chi connectivity index (χ4v) is 2.92. The zero-order valence-corrected chi connectivity index (χ0v) is 13.0. The standard InChI is InChI=1S/C16H24FN3O/c1-4-19-10-12-13(17)6-5-7-14(12)20-9-8-16(2,11-20)15(21)18-3/h5-7,19H,4,8-11H2,1-3H3,(H,18,21). The quantitative estimate of drug-likeness (QED) is 0.871. The van der Waals surface area contributed by atoms with Crippen molar-refractivity contribution in [2.24, 2.45) is 5.41 Å². The van der Waals surface area contributed by atoms with Crippen molar-refractivity contribution in [3.8, 4) is 0 Å². The van der Waals surface area contributed by atoms with Gasteiger partial charge in [0.25, 0.3) is 0 Å². The number of anilines is 1. The zero-order valence-electron chi connectivity index (χ0n) is 13.0. The predicted molar refractivity (Wildman–Crippen MR) is 82.8 cm³/mol. The van der Waals surface area contributed by atoms with Crippen molar-refractivity contribution in [3.63, 3.8) is 0 Å². The van der Waals surface area contributed by atoms with Crippen LogP contribution in [0.25, 0.3) is 0 Å². The van der Waals surface area contributed by atoms with E-state index in [4.69, 9.17) is 0 Å². The average Bonchev–Trinajstić information content (AvgIpc) is 2.88. The molecule has 5 heteroatoms. The molecule has 1 saturated heterocycles. The van der Waals surface area contributed by atoms with Gasteiger partial charge in [0.2, 0.25) is 5.91 Å². The third-order valence-corrected chi connectivity index (χ3v) is 4.24. The van der Waals surface area contributed by atoms with E-state index >= 15 is 0 Å². The topological polar surface area (TPSA) is 44.4 Å². The monoisotopic (exact) mass is 293 g/mol. The Morgan fingerprint density at radius 1 is 1.48 bits per heavy atom. The first-order chi connectivity index (χ1) is 10.0. The summed E-state index contributed by atoms with van der Waals surface area (Å²) in [5.41, 5.74) is 1.17. The highest BCUT2D eigenvalue weighted by Crippen LogP contribution is 2.35. The molecular formula is C16H24FN3O. The summed E-state index contributed by atoms with van der Waals surface area (Å²) in [5.74, 6) is -0.142. The van der Waals surface area contributed by atoms with E-state index in [1.807, 2.05) is 19.9 Å². The SMILES string of the molecule is CCNCc1c(F)cccc1N1CCC(C)(C(=O)NC)C1. The summed E-state index contributed by atoms with van der Waals surface area (Å²) in [6.45, 7) is 6.66. The Labute approximate surface area is 125 Å². The van der Waals surface area contributed by atoms with Crippen LogP contribution in [-0.2, 0) is 11.3 Å². The van der Waals surface area contributed by atoms with Crippen LogP contribution < -0.4 is 15.5 Å².